The van der Waals surface area contributed by atoms with Gasteiger partial charge in [-0.15, -0.1) is 0 Å². The molecule has 1 aliphatic heterocycles. The van der Waals surface area contributed by atoms with Crippen LogP contribution in [0.2, 0.25) is 0 Å². The maximum Gasteiger partial charge on any atom is 0.222 e. The molecule has 1 rings (SSSR count). The summed E-state index contributed by atoms with van der Waals surface area (Å²) in [5.74, 6) is 0.105. The zero-order chi connectivity index (χ0) is 12.7. The van der Waals surface area contributed by atoms with Crippen molar-refractivity contribution in [3.8, 4) is 0 Å². The lowest BCUT2D eigenvalue weighted by Gasteiger charge is -2.30. The fourth-order valence-corrected chi connectivity index (χ4v) is 1.96. The largest absolute Gasteiger partial charge is 0.390 e. The summed E-state index contributed by atoms with van der Waals surface area (Å²) in [4.78, 5) is 15.3. The van der Waals surface area contributed by atoms with E-state index in [1.54, 1.807) is 11.9 Å². The number of nitrogens with zero attached hydrogens (tertiary/aromatic N) is 2. The predicted molar refractivity (Wildman–Crippen MR) is 65.8 cm³/mol. The highest BCUT2D eigenvalue weighted by Gasteiger charge is 2.17. The van der Waals surface area contributed by atoms with E-state index in [0.717, 1.165) is 32.7 Å². The number of amides is 1. The number of aliphatic hydroxyl groups excluding tert-OH is 1. The van der Waals surface area contributed by atoms with Crippen LogP contribution in [0.4, 0.5) is 0 Å². The van der Waals surface area contributed by atoms with Crippen LogP contribution in [0.5, 0.6) is 0 Å². The molecule has 1 fully saturated rings. The molecular formula is C12H24N2O3. The van der Waals surface area contributed by atoms with Gasteiger partial charge in [-0.1, -0.05) is 6.92 Å². The van der Waals surface area contributed by atoms with Crippen LogP contribution in [0.15, 0.2) is 0 Å². The Morgan fingerprint density at radius 1 is 1.47 bits per heavy atom. The monoisotopic (exact) mass is 244 g/mol. The summed E-state index contributed by atoms with van der Waals surface area (Å²) in [6.45, 7) is 6.21. The standard InChI is InChI=1S/C12H24N2O3/c1-3-4-12(16)13(2)9-11(15)10-14-5-7-17-8-6-14/h11,15H,3-10H2,1-2H3. The summed E-state index contributed by atoms with van der Waals surface area (Å²) in [5, 5.41) is 9.91. The number of carbonyl (C=O) groups is 1. The first-order valence-corrected chi connectivity index (χ1v) is 6.35. The first kappa shape index (κ1) is 14.4. The van der Waals surface area contributed by atoms with Crippen LogP contribution in [0.1, 0.15) is 19.8 Å². The lowest BCUT2D eigenvalue weighted by atomic mass is 10.2. The van der Waals surface area contributed by atoms with E-state index in [1.807, 2.05) is 6.92 Å². The van der Waals surface area contributed by atoms with E-state index in [4.69, 9.17) is 4.74 Å². The maximum atomic E-state index is 11.6. The van der Waals surface area contributed by atoms with Gasteiger partial charge in [-0.3, -0.25) is 9.69 Å². The van der Waals surface area contributed by atoms with Crippen LogP contribution >= 0.6 is 0 Å². The van der Waals surface area contributed by atoms with Crippen molar-refractivity contribution in [1.82, 2.24) is 9.80 Å². The van der Waals surface area contributed by atoms with Crippen molar-refractivity contribution in [1.29, 1.82) is 0 Å². The second-order valence-corrected chi connectivity index (χ2v) is 4.59. The van der Waals surface area contributed by atoms with E-state index in [2.05, 4.69) is 4.90 Å². The second kappa shape index (κ2) is 7.63. The van der Waals surface area contributed by atoms with Crippen molar-refractivity contribution in [3.63, 3.8) is 0 Å². The van der Waals surface area contributed by atoms with Crippen LogP contribution < -0.4 is 0 Å². The van der Waals surface area contributed by atoms with Crippen molar-refractivity contribution in [3.05, 3.63) is 0 Å². The van der Waals surface area contributed by atoms with Gasteiger partial charge in [0.2, 0.25) is 5.91 Å². The zero-order valence-electron chi connectivity index (χ0n) is 10.9. The van der Waals surface area contributed by atoms with Gasteiger partial charge < -0.3 is 14.7 Å². The number of carbonyl (C=O) groups excluding carboxylic acids is 1. The van der Waals surface area contributed by atoms with E-state index < -0.39 is 6.10 Å². The van der Waals surface area contributed by atoms with E-state index >= 15 is 0 Å². The minimum atomic E-state index is -0.473. The molecule has 1 saturated heterocycles. The van der Waals surface area contributed by atoms with Gasteiger partial charge in [0.1, 0.15) is 0 Å². The Morgan fingerprint density at radius 3 is 2.71 bits per heavy atom. The molecule has 0 bridgehead atoms. The average molecular weight is 244 g/mol. The Labute approximate surface area is 103 Å². The number of β-amino-alcohol motifs (C(OH)–C–C–N with tert-alkyl or cyclic N) is 1. The van der Waals surface area contributed by atoms with Crippen molar-refractivity contribution in [2.24, 2.45) is 0 Å². The normalized spacial score (nSPS) is 19.0. The molecule has 0 aliphatic carbocycles. The van der Waals surface area contributed by atoms with E-state index in [9.17, 15) is 9.90 Å². The molecule has 0 aromatic rings. The van der Waals surface area contributed by atoms with E-state index in [-0.39, 0.29) is 5.91 Å². The molecule has 1 atom stereocenters. The van der Waals surface area contributed by atoms with Crippen molar-refractivity contribution >= 4 is 5.91 Å². The van der Waals surface area contributed by atoms with Crippen LogP contribution in [0.3, 0.4) is 0 Å². The Hall–Kier alpha value is -0.650. The molecule has 17 heavy (non-hydrogen) atoms. The SMILES string of the molecule is CCCC(=O)N(C)CC(O)CN1CCOCC1. The molecule has 1 heterocycles. The lowest BCUT2D eigenvalue weighted by molar-refractivity contribution is -0.131. The molecule has 0 spiro atoms. The number of ether oxygens (including phenoxy) is 1. The van der Waals surface area contributed by atoms with Crippen LogP contribution in [-0.4, -0.2) is 73.4 Å². The van der Waals surface area contributed by atoms with Gasteiger partial charge in [-0.2, -0.15) is 0 Å². The minimum Gasteiger partial charge on any atom is -0.390 e. The Bertz CT molecular complexity index is 230. The summed E-state index contributed by atoms with van der Waals surface area (Å²) < 4.78 is 5.24. The number of hydrogen-bond donors (Lipinski definition) is 1. The quantitative estimate of drug-likeness (QED) is 0.711. The molecule has 0 aromatic heterocycles. The first-order chi connectivity index (χ1) is 8.13. The Balaban J connectivity index is 2.22. The Kier molecular flexibility index (Phi) is 6.47. The molecule has 1 N–H and O–H groups in total. The molecule has 0 aromatic carbocycles. The molecular weight excluding hydrogens is 220 g/mol. The van der Waals surface area contributed by atoms with Crippen LogP contribution in [0.25, 0.3) is 0 Å². The highest BCUT2D eigenvalue weighted by molar-refractivity contribution is 5.75. The molecule has 5 heteroatoms. The number of rotatable bonds is 6. The fourth-order valence-electron chi connectivity index (χ4n) is 1.96. The second-order valence-electron chi connectivity index (χ2n) is 4.59. The highest BCUT2D eigenvalue weighted by atomic mass is 16.5. The zero-order valence-corrected chi connectivity index (χ0v) is 10.9. The molecule has 100 valence electrons. The van der Waals surface area contributed by atoms with Gasteiger partial charge >= 0.3 is 0 Å². The van der Waals surface area contributed by atoms with Gasteiger partial charge in [0.05, 0.1) is 19.3 Å². The van der Waals surface area contributed by atoms with Gasteiger partial charge in [0.25, 0.3) is 0 Å². The number of morpholine rings is 1. The molecule has 1 unspecified atom stereocenters. The van der Waals surface area contributed by atoms with Crippen LogP contribution in [-0.2, 0) is 9.53 Å². The molecule has 0 saturated carbocycles. The molecule has 5 nitrogen and oxygen atoms in total. The number of likely N-dealkylation sites (N-methyl/N-ethyl adjacent to an activating group) is 1. The summed E-state index contributed by atoms with van der Waals surface area (Å²) in [6, 6.07) is 0. The summed E-state index contributed by atoms with van der Waals surface area (Å²) in [7, 11) is 1.75. The topological polar surface area (TPSA) is 53.0 Å². The third-order valence-electron chi connectivity index (χ3n) is 2.95. The summed E-state index contributed by atoms with van der Waals surface area (Å²) in [6.07, 6.45) is 0.933. The van der Waals surface area contributed by atoms with Gasteiger partial charge in [0, 0.05) is 39.6 Å². The molecule has 0 radical (unpaired) electrons. The van der Waals surface area contributed by atoms with Crippen molar-refractivity contribution in [2.45, 2.75) is 25.9 Å². The van der Waals surface area contributed by atoms with Gasteiger partial charge in [-0.25, -0.2) is 0 Å². The third-order valence-corrected chi connectivity index (χ3v) is 2.95. The first-order valence-electron chi connectivity index (χ1n) is 6.35. The lowest BCUT2D eigenvalue weighted by Crippen LogP contribution is -2.45. The number of hydrogen-bond acceptors (Lipinski definition) is 4. The van der Waals surface area contributed by atoms with Crippen molar-refractivity contribution in [2.75, 3.05) is 46.4 Å². The molecule has 1 amide bonds. The smallest absolute Gasteiger partial charge is 0.222 e. The highest BCUT2D eigenvalue weighted by Crippen LogP contribution is 2.01. The Morgan fingerprint density at radius 2 is 2.12 bits per heavy atom. The van der Waals surface area contributed by atoms with Crippen molar-refractivity contribution < 1.29 is 14.6 Å². The molecule has 1 aliphatic rings. The minimum absolute atomic E-state index is 0.105. The summed E-state index contributed by atoms with van der Waals surface area (Å²) >= 11 is 0. The predicted octanol–water partition coefficient (Wildman–Crippen LogP) is -0.0620. The average Bonchev–Trinajstić information content (AvgIpc) is 2.30. The number of aliphatic hydroxyl groups is 1. The van der Waals surface area contributed by atoms with Gasteiger partial charge in [-0.05, 0) is 6.42 Å². The third kappa shape index (κ3) is 5.48. The van der Waals surface area contributed by atoms with Crippen LogP contribution in [0, 0.1) is 0 Å². The van der Waals surface area contributed by atoms with E-state index in [1.165, 1.54) is 0 Å². The van der Waals surface area contributed by atoms with E-state index in [0.29, 0.717) is 19.5 Å². The fraction of sp³-hybridized carbons (Fsp3) is 0.917. The maximum absolute atomic E-state index is 11.6. The van der Waals surface area contributed by atoms with Gasteiger partial charge in [0.15, 0.2) is 0 Å². The summed E-state index contributed by atoms with van der Waals surface area (Å²) in [5.41, 5.74) is 0.